The SMILES string of the molecule is CCOP1(=O)N=C(c2c(O)c(I)cn(CCC(C)(C)C)c2=O)Nc2ccc(NS(C)(=O)=O)cc21. The number of benzene rings is 1. The molecule has 3 N–H and O–H groups in total. The van der Waals surface area contributed by atoms with E-state index in [1.807, 2.05) is 22.6 Å². The second-order valence-corrected chi connectivity index (χ2v) is 14.0. The van der Waals surface area contributed by atoms with Crippen molar-refractivity contribution in [2.45, 2.75) is 40.7 Å². The van der Waals surface area contributed by atoms with Gasteiger partial charge in [0, 0.05) is 18.4 Å². The van der Waals surface area contributed by atoms with E-state index in [-0.39, 0.29) is 40.2 Å². The lowest BCUT2D eigenvalue weighted by Gasteiger charge is -2.26. The summed E-state index contributed by atoms with van der Waals surface area (Å²) < 4.78 is 51.1. The van der Waals surface area contributed by atoms with Gasteiger partial charge in [0.05, 0.1) is 27.4 Å². The molecule has 1 unspecified atom stereocenters. The molecule has 0 bridgehead atoms. The highest BCUT2D eigenvalue weighted by Crippen LogP contribution is 2.52. The molecular formula is C21H28IN4O6PS. The number of aryl methyl sites for hydroxylation is 1. The Hall–Kier alpha value is -1.89. The van der Waals surface area contributed by atoms with Gasteiger partial charge in [-0.05, 0) is 59.5 Å². The normalized spacial score (nSPS) is 18.1. The van der Waals surface area contributed by atoms with Crippen LogP contribution in [0.2, 0.25) is 0 Å². The quantitative estimate of drug-likeness (QED) is 0.316. The number of sulfonamides is 1. The van der Waals surface area contributed by atoms with E-state index in [0.29, 0.717) is 15.8 Å². The topological polar surface area (TPSA) is 139 Å². The number of halogens is 1. The number of anilines is 2. The number of hydrogen-bond acceptors (Lipinski definition) is 7. The Kier molecular flexibility index (Phi) is 7.57. The Balaban J connectivity index is 2.15. The first-order chi connectivity index (χ1) is 15.6. The van der Waals surface area contributed by atoms with Crippen LogP contribution in [-0.4, -0.2) is 36.8 Å². The summed E-state index contributed by atoms with van der Waals surface area (Å²) in [4.78, 5) is 13.3. The molecule has 0 fully saturated rings. The number of nitrogens with zero attached hydrogens (tertiary/aromatic N) is 2. The van der Waals surface area contributed by atoms with Crippen LogP contribution in [0, 0.1) is 8.99 Å². The van der Waals surface area contributed by atoms with Crippen LogP contribution < -0.4 is 20.9 Å². The van der Waals surface area contributed by atoms with E-state index >= 15 is 0 Å². The molecule has 3 rings (SSSR count). The number of fused-ring (bicyclic) bond motifs is 1. The van der Waals surface area contributed by atoms with Gasteiger partial charge in [0.25, 0.3) is 5.56 Å². The van der Waals surface area contributed by atoms with Crippen molar-refractivity contribution >= 4 is 62.6 Å². The summed E-state index contributed by atoms with van der Waals surface area (Å²) in [6.07, 6.45) is 3.31. The molecule has 0 saturated carbocycles. The first-order valence-corrected chi connectivity index (χ1v) is 15.0. The molecule has 1 aliphatic rings. The van der Waals surface area contributed by atoms with Crippen molar-refractivity contribution in [2.24, 2.45) is 10.2 Å². The molecular weight excluding hydrogens is 594 g/mol. The summed E-state index contributed by atoms with van der Waals surface area (Å²) in [5.41, 5.74) is -0.0618. The second-order valence-electron chi connectivity index (χ2n) is 9.13. The van der Waals surface area contributed by atoms with E-state index in [4.69, 9.17) is 4.52 Å². The summed E-state index contributed by atoms with van der Waals surface area (Å²) in [6.45, 7) is 8.35. The standard InChI is InChI=1S/C21H28IN4O6PS/c1-6-32-33(29)16-11-13(25-34(5,30)31)7-8-15(16)23-19(24-33)17-18(27)14(22)12-26(20(17)28)10-9-21(2,3)4/h7-8,11-12,25,27H,6,9-10H2,1-5H3,(H,23,24,29). The first-order valence-electron chi connectivity index (χ1n) is 10.5. The van der Waals surface area contributed by atoms with Gasteiger partial charge in [-0.3, -0.25) is 14.1 Å². The van der Waals surface area contributed by atoms with Crippen LogP contribution in [0.1, 0.15) is 39.7 Å². The van der Waals surface area contributed by atoms with Gasteiger partial charge in [0.15, 0.2) is 5.84 Å². The highest BCUT2D eigenvalue weighted by atomic mass is 127. The van der Waals surface area contributed by atoms with Gasteiger partial charge in [-0.25, -0.2) is 8.42 Å². The summed E-state index contributed by atoms with van der Waals surface area (Å²) in [6, 6.07) is 4.39. The number of hydrogen-bond donors (Lipinski definition) is 3. The third kappa shape index (κ3) is 6.02. The second kappa shape index (κ2) is 9.63. The van der Waals surface area contributed by atoms with E-state index in [1.54, 1.807) is 13.1 Å². The third-order valence-electron chi connectivity index (χ3n) is 4.94. The lowest BCUT2D eigenvalue weighted by atomic mass is 9.92. The fourth-order valence-corrected chi connectivity index (χ4v) is 6.29. The van der Waals surface area contributed by atoms with Crippen LogP contribution in [0.15, 0.2) is 34.0 Å². The highest BCUT2D eigenvalue weighted by molar-refractivity contribution is 14.1. The van der Waals surface area contributed by atoms with Crippen LogP contribution in [0.25, 0.3) is 0 Å². The zero-order valence-corrected chi connectivity index (χ0v) is 23.4. The summed E-state index contributed by atoms with van der Waals surface area (Å²) in [5, 5.41) is 13.9. The minimum atomic E-state index is -3.90. The maximum Gasteiger partial charge on any atom is 0.348 e. The molecule has 1 aromatic heterocycles. The monoisotopic (exact) mass is 622 g/mol. The van der Waals surface area contributed by atoms with Gasteiger partial charge in [-0.15, -0.1) is 0 Å². The van der Waals surface area contributed by atoms with Crippen LogP contribution in [0.3, 0.4) is 0 Å². The van der Waals surface area contributed by atoms with Crippen molar-refractivity contribution in [1.82, 2.24) is 4.57 Å². The van der Waals surface area contributed by atoms with Gasteiger partial charge in [-0.2, -0.15) is 4.76 Å². The van der Waals surface area contributed by atoms with Crippen molar-refractivity contribution < 1.29 is 22.6 Å². The summed E-state index contributed by atoms with van der Waals surface area (Å²) >= 11 is 1.93. The lowest BCUT2D eigenvalue weighted by molar-refractivity contribution is 0.341. The Morgan fingerprint density at radius 1 is 1.32 bits per heavy atom. The van der Waals surface area contributed by atoms with E-state index in [1.165, 1.54) is 22.8 Å². The smallest absolute Gasteiger partial charge is 0.348 e. The molecule has 186 valence electrons. The number of amidine groups is 1. The average molecular weight is 622 g/mol. The molecule has 34 heavy (non-hydrogen) atoms. The molecule has 0 radical (unpaired) electrons. The van der Waals surface area contributed by atoms with Crippen LogP contribution >= 0.6 is 30.1 Å². The van der Waals surface area contributed by atoms with Crippen molar-refractivity contribution in [3.8, 4) is 5.75 Å². The maximum absolute atomic E-state index is 13.8. The molecule has 0 amide bonds. The van der Waals surface area contributed by atoms with E-state index in [2.05, 4.69) is 35.6 Å². The molecule has 1 aromatic carbocycles. The molecule has 0 aliphatic carbocycles. The van der Waals surface area contributed by atoms with Crippen LogP contribution in [0.4, 0.5) is 11.4 Å². The van der Waals surface area contributed by atoms with E-state index < -0.39 is 23.1 Å². The molecule has 0 saturated heterocycles. The number of nitrogens with one attached hydrogen (secondary N) is 2. The molecule has 1 atom stereocenters. The van der Waals surface area contributed by atoms with E-state index in [9.17, 15) is 22.9 Å². The molecule has 13 heteroatoms. The molecule has 10 nitrogen and oxygen atoms in total. The van der Waals surface area contributed by atoms with Crippen LogP contribution in [0.5, 0.6) is 5.75 Å². The fourth-order valence-electron chi connectivity index (χ4n) is 3.33. The maximum atomic E-state index is 13.8. The largest absolute Gasteiger partial charge is 0.506 e. The first kappa shape index (κ1) is 26.7. The number of aromatic nitrogens is 1. The van der Waals surface area contributed by atoms with Gasteiger partial charge < -0.3 is 19.5 Å². The van der Waals surface area contributed by atoms with Crippen LogP contribution in [-0.2, 0) is 25.7 Å². The average Bonchev–Trinajstić information content (AvgIpc) is 2.69. The van der Waals surface area contributed by atoms with Gasteiger partial charge in [-0.1, -0.05) is 20.8 Å². The Bertz CT molecular complexity index is 1360. The number of pyridine rings is 1. The van der Waals surface area contributed by atoms with Gasteiger partial charge in [0.2, 0.25) is 10.0 Å². The minimum absolute atomic E-state index is 0.00907. The van der Waals surface area contributed by atoms with Gasteiger partial charge in [0.1, 0.15) is 11.3 Å². The predicted molar refractivity (Wildman–Crippen MR) is 143 cm³/mol. The fraction of sp³-hybridized carbons (Fsp3) is 0.429. The molecule has 1 aliphatic heterocycles. The lowest BCUT2D eigenvalue weighted by Crippen LogP contribution is -2.34. The van der Waals surface area contributed by atoms with Gasteiger partial charge >= 0.3 is 7.52 Å². The van der Waals surface area contributed by atoms with Crippen molar-refractivity contribution in [3.05, 3.63) is 43.9 Å². The zero-order chi connectivity index (χ0) is 25.5. The molecule has 0 spiro atoms. The van der Waals surface area contributed by atoms with Crippen molar-refractivity contribution in [3.63, 3.8) is 0 Å². The van der Waals surface area contributed by atoms with Crippen molar-refractivity contribution in [1.29, 1.82) is 0 Å². The Labute approximate surface area is 212 Å². The third-order valence-corrected chi connectivity index (χ3v) is 8.39. The number of aromatic hydroxyl groups is 1. The molecule has 2 heterocycles. The minimum Gasteiger partial charge on any atom is -0.506 e. The summed E-state index contributed by atoms with van der Waals surface area (Å²) in [5.74, 6) is -0.343. The zero-order valence-electron chi connectivity index (χ0n) is 19.5. The Morgan fingerprint density at radius 2 is 2.00 bits per heavy atom. The molecule has 2 aromatic rings. The highest BCUT2D eigenvalue weighted by Gasteiger charge is 2.36. The Morgan fingerprint density at radius 3 is 2.59 bits per heavy atom. The van der Waals surface area contributed by atoms with Crippen molar-refractivity contribution in [2.75, 3.05) is 22.9 Å². The summed E-state index contributed by atoms with van der Waals surface area (Å²) in [7, 11) is -7.46. The predicted octanol–water partition coefficient (Wildman–Crippen LogP) is 3.69. The van der Waals surface area contributed by atoms with E-state index in [0.717, 1.165) is 12.7 Å². The number of rotatable bonds is 7.